The van der Waals surface area contributed by atoms with Crippen LogP contribution in [-0.2, 0) is 9.84 Å². The molecule has 5 nitrogen and oxygen atoms in total. The van der Waals surface area contributed by atoms with Crippen LogP contribution in [0.25, 0.3) is 0 Å². The Kier molecular flexibility index (Phi) is 7.21. The van der Waals surface area contributed by atoms with Crippen LogP contribution in [0.3, 0.4) is 0 Å². The molecule has 0 saturated carbocycles. The van der Waals surface area contributed by atoms with Gasteiger partial charge in [0.15, 0.2) is 9.84 Å². The van der Waals surface area contributed by atoms with E-state index in [2.05, 4.69) is 12.2 Å². The molecule has 0 aromatic heterocycles. The summed E-state index contributed by atoms with van der Waals surface area (Å²) in [5.41, 5.74) is 0.919. The third-order valence-corrected chi connectivity index (χ3v) is 5.01. The minimum Gasteiger partial charge on any atom is -0.494 e. The molecule has 6 heteroatoms. The predicted molar refractivity (Wildman–Crippen MR) is 104 cm³/mol. The maximum absolute atomic E-state index is 12.3. The highest BCUT2D eigenvalue weighted by Gasteiger charge is 2.10. The van der Waals surface area contributed by atoms with Crippen molar-refractivity contribution in [1.29, 1.82) is 0 Å². The average molecular weight is 375 g/mol. The van der Waals surface area contributed by atoms with E-state index < -0.39 is 9.84 Å². The van der Waals surface area contributed by atoms with Crippen LogP contribution in [0.4, 0.5) is 5.69 Å². The van der Waals surface area contributed by atoms with Gasteiger partial charge in [-0.15, -0.1) is 0 Å². The zero-order chi connectivity index (χ0) is 19.0. The summed E-state index contributed by atoms with van der Waals surface area (Å²) >= 11 is 0. The van der Waals surface area contributed by atoms with Crippen molar-refractivity contribution in [1.82, 2.24) is 0 Å². The minimum atomic E-state index is -3.31. The van der Waals surface area contributed by atoms with Crippen LogP contribution in [0.1, 0.15) is 43.0 Å². The molecule has 140 valence electrons. The molecular formula is C20H25NO4S. The van der Waals surface area contributed by atoms with Gasteiger partial charge < -0.3 is 10.1 Å². The molecule has 0 aliphatic carbocycles. The fourth-order valence-electron chi connectivity index (χ4n) is 2.43. The quantitative estimate of drug-likeness (QED) is 0.663. The SMILES string of the molecule is CCCCCCOc1ccc(C(=O)Nc2cccc(S(C)(=O)=O)c2)cc1. The molecule has 0 aliphatic rings. The summed E-state index contributed by atoms with van der Waals surface area (Å²) in [6, 6.07) is 13.1. The fraction of sp³-hybridized carbons (Fsp3) is 0.350. The van der Waals surface area contributed by atoms with Crippen molar-refractivity contribution < 1.29 is 17.9 Å². The maximum Gasteiger partial charge on any atom is 0.255 e. The number of sulfone groups is 1. The van der Waals surface area contributed by atoms with Crippen LogP contribution < -0.4 is 10.1 Å². The van der Waals surface area contributed by atoms with E-state index in [1.165, 1.54) is 25.0 Å². The molecule has 0 saturated heterocycles. The Morgan fingerprint density at radius 2 is 1.77 bits per heavy atom. The monoisotopic (exact) mass is 375 g/mol. The number of carbonyl (C=O) groups excluding carboxylic acids is 1. The zero-order valence-electron chi connectivity index (χ0n) is 15.2. The van der Waals surface area contributed by atoms with Gasteiger partial charge in [0.05, 0.1) is 11.5 Å². The van der Waals surface area contributed by atoms with E-state index in [1.54, 1.807) is 36.4 Å². The van der Waals surface area contributed by atoms with Gasteiger partial charge in [0, 0.05) is 17.5 Å². The lowest BCUT2D eigenvalue weighted by molar-refractivity contribution is 0.102. The van der Waals surface area contributed by atoms with E-state index in [0.717, 1.165) is 24.8 Å². The number of benzene rings is 2. The molecule has 2 aromatic carbocycles. The number of anilines is 1. The standard InChI is InChI=1S/C20H25NO4S/c1-3-4-5-6-14-25-18-12-10-16(11-13-18)20(22)21-17-8-7-9-19(15-17)26(2,23)24/h7-13,15H,3-6,14H2,1-2H3,(H,21,22). The summed E-state index contributed by atoms with van der Waals surface area (Å²) < 4.78 is 28.9. The Bertz CT molecular complexity index is 829. The van der Waals surface area contributed by atoms with Gasteiger partial charge in [-0.2, -0.15) is 0 Å². The summed E-state index contributed by atoms with van der Waals surface area (Å²) in [6.45, 7) is 2.84. The first-order valence-corrected chi connectivity index (χ1v) is 10.6. The van der Waals surface area contributed by atoms with E-state index in [1.807, 2.05) is 0 Å². The van der Waals surface area contributed by atoms with Crippen molar-refractivity contribution in [3.8, 4) is 5.75 Å². The average Bonchev–Trinajstić information content (AvgIpc) is 2.61. The van der Waals surface area contributed by atoms with E-state index in [9.17, 15) is 13.2 Å². The zero-order valence-corrected chi connectivity index (χ0v) is 16.0. The van der Waals surface area contributed by atoms with Crippen LogP contribution in [0.15, 0.2) is 53.4 Å². The molecule has 0 fully saturated rings. The summed E-state index contributed by atoms with van der Waals surface area (Å²) in [6.07, 6.45) is 5.71. The highest BCUT2D eigenvalue weighted by molar-refractivity contribution is 7.90. The normalized spacial score (nSPS) is 11.2. The molecule has 2 aromatic rings. The molecule has 0 heterocycles. The first-order valence-electron chi connectivity index (χ1n) is 8.74. The van der Waals surface area contributed by atoms with Crippen molar-refractivity contribution in [2.24, 2.45) is 0 Å². The molecule has 1 amide bonds. The Hall–Kier alpha value is -2.34. The van der Waals surface area contributed by atoms with Crippen molar-refractivity contribution in [3.05, 3.63) is 54.1 Å². The summed E-state index contributed by atoms with van der Waals surface area (Å²) in [4.78, 5) is 12.5. The highest BCUT2D eigenvalue weighted by Crippen LogP contribution is 2.18. The number of hydrogen-bond acceptors (Lipinski definition) is 4. The third kappa shape index (κ3) is 6.19. The topological polar surface area (TPSA) is 72.5 Å². The summed E-state index contributed by atoms with van der Waals surface area (Å²) in [7, 11) is -3.31. The van der Waals surface area contributed by atoms with Crippen molar-refractivity contribution in [2.75, 3.05) is 18.2 Å². The van der Waals surface area contributed by atoms with Crippen molar-refractivity contribution in [2.45, 2.75) is 37.5 Å². The minimum absolute atomic E-state index is 0.169. The van der Waals surface area contributed by atoms with E-state index >= 15 is 0 Å². The number of nitrogens with one attached hydrogen (secondary N) is 1. The molecular weight excluding hydrogens is 350 g/mol. The van der Waals surface area contributed by atoms with Gasteiger partial charge in [-0.1, -0.05) is 32.3 Å². The first-order chi connectivity index (χ1) is 12.4. The van der Waals surface area contributed by atoms with Crippen LogP contribution in [0, 0.1) is 0 Å². The van der Waals surface area contributed by atoms with Crippen molar-refractivity contribution >= 4 is 21.4 Å². The van der Waals surface area contributed by atoms with Gasteiger partial charge in [0.2, 0.25) is 0 Å². The molecule has 0 atom stereocenters. The van der Waals surface area contributed by atoms with E-state index in [-0.39, 0.29) is 10.8 Å². The van der Waals surface area contributed by atoms with Gasteiger partial charge >= 0.3 is 0 Å². The third-order valence-electron chi connectivity index (χ3n) is 3.90. The van der Waals surface area contributed by atoms with Gasteiger partial charge in [-0.25, -0.2) is 8.42 Å². The Morgan fingerprint density at radius 3 is 2.42 bits per heavy atom. The molecule has 0 radical (unpaired) electrons. The summed E-state index contributed by atoms with van der Waals surface area (Å²) in [5.74, 6) is 0.433. The second-order valence-corrected chi connectivity index (χ2v) is 8.20. The molecule has 0 spiro atoms. The smallest absolute Gasteiger partial charge is 0.255 e. The largest absolute Gasteiger partial charge is 0.494 e. The number of ether oxygens (including phenoxy) is 1. The second-order valence-electron chi connectivity index (χ2n) is 6.19. The Morgan fingerprint density at radius 1 is 1.04 bits per heavy atom. The number of carbonyl (C=O) groups is 1. The number of rotatable bonds is 9. The molecule has 0 unspecified atom stereocenters. The molecule has 0 aliphatic heterocycles. The van der Waals surface area contributed by atoms with Crippen LogP contribution in [-0.4, -0.2) is 27.2 Å². The number of hydrogen-bond donors (Lipinski definition) is 1. The number of amides is 1. The predicted octanol–water partition coefficient (Wildman–Crippen LogP) is 4.30. The second kappa shape index (κ2) is 9.38. The van der Waals surface area contributed by atoms with Crippen molar-refractivity contribution in [3.63, 3.8) is 0 Å². The van der Waals surface area contributed by atoms with E-state index in [4.69, 9.17) is 4.74 Å². The lowest BCUT2D eigenvalue weighted by Gasteiger charge is -2.09. The molecule has 26 heavy (non-hydrogen) atoms. The summed E-state index contributed by atoms with van der Waals surface area (Å²) in [5, 5.41) is 2.71. The van der Waals surface area contributed by atoms with Crippen LogP contribution >= 0.6 is 0 Å². The highest BCUT2D eigenvalue weighted by atomic mass is 32.2. The molecule has 2 rings (SSSR count). The molecule has 1 N–H and O–H groups in total. The van der Waals surface area contributed by atoms with Gasteiger partial charge in [0.1, 0.15) is 5.75 Å². The van der Waals surface area contributed by atoms with Crippen LogP contribution in [0.5, 0.6) is 5.75 Å². The lowest BCUT2D eigenvalue weighted by Crippen LogP contribution is -2.12. The van der Waals surface area contributed by atoms with Gasteiger partial charge in [0.25, 0.3) is 5.91 Å². The van der Waals surface area contributed by atoms with Gasteiger partial charge in [-0.05, 0) is 48.9 Å². The lowest BCUT2D eigenvalue weighted by atomic mass is 10.2. The van der Waals surface area contributed by atoms with Gasteiger partial charge in [-0.3, -0.25) is 4.79 Å². The Balaban J connectivity index is 1.94. The first kappa shape index (κ1) is 20.0. The number of unbranched alkanes of at least 4 members (excludes halogenated alkanes) is 3. The fourth-order valence-corrected chi connectivity index (χ4v) is 3.10. The van der Waals surface area contributed by atoms with Crippen LogP contribution in [0.2, 0.25) is 0 Å². The maximum atomic E-state index is 12.3. The Labute approximate surface area is 155 Å². The molecule has 0 bridgehead atoms. The van der Waals surface area contributed by atoms with E-state index in [0.29, 0.717) is 17.9 Å².